The number of carbonyl (C=O) groups is 1. The molecule has 19 heavy (non-hydrogen) atoms. The summed E-state index contributed by atoms with van der Waals surface area (Å²) in [5.74, 6) is 0.155. The lowest BCUT2D eigenvalue weighted by Crippen LogP contribution is -2.60. The minimum atomic E-state index is -0.821. The maximum Gasteiger partial charge on any atom is 0.228 e. The second-order valence-corrected chi connectivity index (χ2v) is 7.50. The van der Waals surface area contributed by atoms with Gasteiger partial charge in [0.1, 0.15) is 0 Å². The zero-order chi connectivity index (χ0) is 15.0. The molecule has 0 saturated carbocycles. The molecule has 1 amide bonds. The largest absolute Gasteiger partial charge is 0.390 e. The molecule has 1 heterocycles. The molecule has 1 aliphatic heterocycles. The van der Waals surface area contributed by atoms with Crippen molar-refractivity contribution < 1.29 is 9.90 Å². The molecule has 0 unspecified atom stereocenters. The van der Waals surface area contributed by atoms with Gasteiger partial charge in [-0.1, -0.05) is 13.8 Å². The van der Waals surface area contributed by atoms with Gasteiger partial charge in [-0.3, -0.25) is 4.79 Å². The number of piperazine rings is 1. The van der Waals surface area contributed by atoms with Crippen LogP contribution in [0.5, 0.6) is 0 Å². The predicted octanol–water partition coefficient (Wildman–Crippen LogP) is 1.72. The van der Waals surface area contributed by atoms with E-state index in [1.54, 1.807) is 13.8 Å². The van der Waals surface area contributed by atoms with E-state index in [0.29, 0.717) is 6.42 Å². The molecule has 0 aromatic rings. The lowest BCUT2D eigenvalue weighted by atomic mass is 9.80. The highest BCUT2D eigenvalue weighted by Crippen LogP contribution is 2.32. The van der Waals surface area contributed by atoms with Crippen LogP contribution < -0.4 is 0 Å². The molecule has 4 heteroatoms. The number of hydrogen-bond donors (Lipinski definition) is 1. The van der Waals surface area contributed by atoms with Gasteiger partial charge in [0.05, 0.1) is 5.60 Å². The average molecular weight is 270 g/mol. The summed E-state index contributed by atoms with van der Waals surface area (Å²) in [5.41, 5.74) is -1.35. The van der Waals surface area contributed by atoms with E-state index in [9.17, 15) is 9.90 Å². The van der Waals surface area contributed by atoms with Gasteiger partial charge in [0.15, 0.2) is 0 Å². The van der Waals surface area contributed by atoms with E-state index in [4.69, 9.17) is 0 Å². The molecule has 0 aliphatic carbocycles. The van der Waals surface area contributed by atoms with Gasteiger partial charge >= 0.3 is 0 Å². The Morgan fingerprint density at radius 1 is 1.16 bits per heavy atom. The molecule has 0 bridgehead atoms. The van der Waals surface area contributed by atoms with Gasteiger partial charge in [-0.15, -0.1) is 0 Å². The monoisotopic (exact) mass is 270 g/mol. The first-order chi connectivity index (χ1) is 8.44. The molecule has 2 atom stereocenters. The molecule has 1 fully saturated rings. The number of amides is 1. The van der Waals surface area contributed by atoms with Crippen molar-refractivity contribution in [3.05, 3.63) is 0 Å². The Morgan fingerprint density at radius 2 is 1.58 bits per heavy atom. The lowest BCUT2D eigenvalue weighted by molar-refractivity contribution is -0.151. The van der Waals surface area contributed by atoms with Gasteiger partial charge in [0.2, 0.25) is 5.91 Å². The molecule has 0 spiro atoms. The van der Waals surface area contributed by atoms with Gasteiger partial charge in [0, 0.05) is 30.6 Å². The third-order valence-corrected chi connectivity index (χ3v) is 3.79. The topological polar surface area (TPSA) is 43.8 Å². The Morgan fingerprint density at radius 3 is 1.95 bits per heavy atom. The number of nitrogens with zero attached hydrogens (tertiary/aromatic N) is 2. The second kappa shape index (κ2) is 5.41. The predicted molar refractivity (Wildman–Crippen MR) is 78.0 cm³/mol. The lowest BCUT2D eigenvalue weighted by Gasteiger charge is -2.46. The van der Waals surface area contributed by atoms with E-state index >= 15 is 0 Å². The van der Waals surface area contributed by atoms with Crippen molar-refractivity contribution >= 4 is 5.91 Å². The molecule has 112 valence electrons. The highest BCUT2D eigenvalue weighted by atomic mass is 16.3. The van der Waals surface area contributed by atoms with E-state index in [1.165, 1.54) is 0 Å². The number of rotatable bonds is 3. The maximum absolute atomic E-state index is 12.8. The molecule has 1 saturated heterocycles. The van der Waals surface area contributed by atoms with Crippen LogP contribution in [-0.2, 0) is 4.79 Å². The van der Waals surface area contributed by atoms with Gasteiger partial charge in [-0.05, 0) is 41.2 Å². The van der Waals surface area contributed by atoms with Crippen LogP contribution in [0.3, 0.4) is 0 Å². The molecule has 0 aromatic heterocycles. The summed E-state index contributed by atoms with van der Waals surface area (Å²) in [5, 5.41) is 10.00. The maximum atomic E-state index is 12.8. The van der Waals surface area contributed by atoms with Gasteiger partial charge in [0.25, 0.3) is 0 Å². The summed E-state index contributed by atoms with van der Waals surface area (Å²) < 4.78 is 0. The van der Waals surface area contributed by atoms with Crippen molar-refractivity contribution in [3.63, 3.8) is 0 Å². The number of aliphatic hydroxyl groups is 1. The Balaban J connectivity index is 2.86. The average Bonchev–Trinajstić information content (AvgIpc) is 2.11. The first-order valence-corrected chi connectivity index (χ1v) is 7.18. The summed E-state index contributed by atoms with van der Waals surface area (Å²) in [6.07, 6.45) is 0.477. The molecular formula is C15H30N2O2. The van der Waals surface area contributed by atoms with E-state index < -0.39 is 11.0 Å². The molecule has 0 aromatic carbocycles. The van der Waals surface area contributed by atoms with Crippen LogP contribution in [0, 0.1) is 5.41 Å². The van der Waals surface area contributed by atoms with Crippen LogP contribution in [0.2, 0.25) is 0 Å². The van der Waals surface area contributed by atoms with E-state index in [1.807, 2.05) is 18.7 Å². The summed E-state index contributed by atoms with van der Waals surface area (Å²) in [4.78, 5) is 17.1. The normalized spacial score (nSPS) is 26.6. The summed E-state index contributed by atoms with van der Waals surface area (Å²) in [7, 11) is 2.09. The fraction of sp³-hybridized carbons (Fsp3) is 0.933. The van der Waals surface area contributed by atoms with Crippen molar-refractivity contribution in [1.29, 1.82) is 0 Å². The van der Waals surface area contributed by atoms with E-state index in [-0.39, 0.29) is 18.0 Å². The van der Waals surface area contributed by atoms with Gasteiger partial charge in [-0.2, -0.15) is 0 Å². The second-order valence-electron chi connectivity index (χ2n) is 7.50. The standard InChI is InChI=1S/C15H30N2O2/c1-11-8-16(7)9-12(2)17(11)13(18)14(3,4)10-15(5,6)19/h11-12,19H,8-10H2,1-7H3/t11-,12+. The van der Waals surface area contributed by atoms with Crippen LogP contribution in [0.15, 0.2) is 0 Å². The molecule has 0 radical (unpaired) electrons. The highest BCUT2D eigenvalue weighted by Gasteiger charge is 2.41. The molecule has 1 rings (SSSR count). The smallest absolute Gasteiger partial charge is 0.228 e. The first-order valence-electron chi connectivity index (χ1n) is 7.18. The van der Waals surface area contributed by atoms with Gasteiger partial charge < -0.3 is 14.9 Å². The van der Waals surface area contributed by atoms with Crippen LogP contribution >= 0.6 is 0 Å². The van der Waals surface area contributed by atoms with E-state index in [0.717, 1.165) is 13.1 Å². The number of likely N-dealkylation sites (N-methyl/N-ethyl adjacent to an activating group) is 1. The van der Waals surface area contributed by atoms with Gasteiger partial charge in [-0.25, -0.2) is 0 Å². The van der Waals surface area contributed by atoms with Crippen LogP contribution in [-0.4, -0.2) is 58.6 Å². The van der Waals surface area contributed by atoms with Crippen LogP contribution in [0.1, 0.15) is 48.0 Å². The third kappa shape index (κ3) is 4.18. The minimum absolute atomic E-state index is 0.155. The number of carbonyl (C=O) groups excluding carboxylic acids is 1. The zero-order valence-corrected chi connectivity index (χ0v) is 13.5. The number of hydrogen-bond acceptors (Lipinski definition) is 3. The van der Waals surface area contributed by atoms with Crippen molar-refractivity contribution in [1.82, 2.24) is 9.80 Å². The van der Waals surface area contributed by atoms with Crippen molar-refractivity contribution in [2.24, 2.45) is 5.41 Å². The SMILES string of the molecule is C[C@@H]1CN(C)C[C@H](C)N1C(=O)C(C)(C)CC(C)(C)O. The fourth-order valence-corrected chi connectivity index (χ4v) is 3.49. The van der Waals surface area contributed by atoms with Crippen molar-refractivity contribution in [3.8, 4) is 0 Å². The van der Waals surface area contributed by atoms with Crippen LogP contribution in [0.25, 0.3) is 0 Å². The summed E-state index contributed by atoms with van der Waals surface area (Å²) in [6.45, 7) is 13.4. The first kappa shape index (κ1) is 16.4. The Labute approximate surface area is 117 Å². The zero-order valence-electron chi connectivity index (χ0n) is 13.5. The van der Waals surface area contributed by atoms with Crippen molar-refractivity contribution in [2.75, 3.05) is 20.1 Å². The fourth-order valence-electron chi connectivity index (χ4n) is 3.49. The Kier molecular flexibility index (Phi) is 4.68. The highest BCUT2D eigenvalue weighted by molar-refractivity contribution is 5.82. The Hall–Kier alpha value is -0.610. The molecule has 1 N–H and O–H groups in total. The summed E-state index contributed by atoms with van der Waals surface area (Å²) in [6, 6.07) is 0.449. The van der Waals surface area contributed by atoms with Crippen molar-refractivity contribution in [2.45, 2.75) is 65.6 Å². The molecule has 4 nitrogen and oxygen atoms in total. The minimum Gasteiger partial charge on any atom is -0.390 e. The Bertz CT molecular complexity index is 322. The molecular weight excluding hydrogens is 240 g/mol. The molecule has 1 aliphatic rings. The van der Waals surface area contributed by atoms with Crippen LogP contribution in [0.4, 0.5) is 0 Å². The third-order valence-electron chi connectivity index (χ3n) is 3.79. The van der Waals surface area contributed by atoms with E-state index in [2.05, 4.69) is 25.8 Å². The quantitative estimate of drug-likeness (QED) is 0.849. The summed E-state index contributed by atoms with van der Waals surface area (Å²) >= 11 is 0.